The number of rotatable bonds is 5. The summed E-state index contributed by atoms with van der Waals surface area (Å²) in [4.78, 5) is 5.85. The second-order valence-electron chi connectivity index (χ2n) is 6.31. The van der Waals surface area contributed by atoms with Crippen molar-refractivity contribution in [2.75, 3.05) is 19.7 Å². The third-order valence-electron chi connectivity index (χ3n) is 4.62. The Hall–Kier alpha value is -2.52. The SMILES string of the molecule is C1=C(COc2ccccc2)CCN(Cc2c[nH]c3ccccc23)C1. The summed E-state index contributed by atoms with van der Waals surface area (Å²) >= 11 is 0. The molecular weight excluding hydrogens is 296 g/mol. The topological polar surface area (TPSA) is 28.3 Å². The standard InChI is InChI=1S/C21H22N2O/c1-2-6-19(7-3-1)24-16-17-10-12-23(13-11-17)15-18-14-22-21-9-5-4-8-20(18)21/h1-10,14,22H,11-13,15-16H2. The first-order valence-corrected chi connectivity index (χ1v) is 8.51. The summed E-state index contributed by atoms with van der Waals surface area (Å²) in [6.07, 6.45) is 5.54. The van der Waals surface area contributed by atoms with Gasteiger partial charge < -0.3 is 9.72 Å². The number of aromatic nitrogens is 1. The number of H-pyrrole nitrogens is 1. The number of nitrogens with zero attached hydrogens (tertiary/aromatic N) is 1. The molecule has 0 saturated carbocycles. The van der Waals surface area contributed by atoms with Crippen LogP contribution in [-0.4, -0.2) is 29.6 Å². The summed E-state index contributed by atoms with van der Waals surface area (Å²) in [5, 5.41) is 1.33. The fraction of sp³-hybridized carbons (Fsp3) is 0.238. The lowest BCUT2D eigenvalue weighted by Gasteiger charge is -2.26. The number of fused-ring (bicyclic) bond motifs is 1. The van der Waals surface area contributed by atoms with Gasteiger partial charge in [0.2, 0.25) is 0 Å². The monoisotopic (exact) mass is 318 g/mol. The molecule has 1 aliphatic heterocycles. The molecule has 1 aliphatic rings. The third kappa shape index (κ3) is 3.36. The Labute approximate surface area is 142 Å². The number of ether oxygens (including phenoxy) is 1. The van der Waals surface area contributed by atoms with Gasteiger partial charge in [0.25, 0.3) is 0 Å². The first-order valence-electron chi connectivity index (χ1n) is 8.51. The lowest BCUT2D eigenvalue weighted by Crippen LogP contribution is -2.29. The minimum absolute atomic E-state index is 0.699. The molecule has 3 nitrogen and oxygen atoms in total. The van der Waals surface area contributed by atoms with Crippen LogP contribution >= 0.6 is 0 Å². The van der Waals surface area contributed by atoms with Gasteiger partial charge in [0.1, 0.15) is 12.4 Å². The van der Waals surface area contributed by atoms with E-state index in [-0.39, 0.29) is 0 Å². The summed E-state index contributed by atoms with van der Waals surface area (Å²) in [7, 11) is 0. The second kappa shape index (κ2) is 6.93. The highest BCUT2D eigenvalue weighted by atomic mass is 16.5. The fourth-order valence-electron chi connectivity index (χ4n) is 3.22. The number of hydrogen-bond donors (Lipinski definition) is 1. The molecular formula is C21H22N2O. The first-order chi connectivity index (χ1) is 11.9. The Kier molecular flexibility index (Phi) is 4.34. The molecule has 0 unspecified atom stereocenters. The van der Waals surface area contributed by atoms with Crippen molar-refractivity contribution < 1.29 is 4.74 Å². The second-order valence-corrected chi connectivity index (χ2v) is 6.31. The van der Waals surface area contributed by atoms with Gasteiger partial charge in [-0.2, -0.15) is 0 Å². The van der Waals surface area contributed by atoms with E-state index < -0.39 is 0 Å². The van der Waals surface area contributed by atoms with Crippen molar-refractivity contribution in [2.24, 2.45) is 0 Å². The number of hydrogen-bond acceptors (Lipinski definition) is 2. The molecule has 0 saturated heterocycles. The van der Waals surface area contributed by atoms with Gasteiger partial charge in [-0.25, -0.2) is 0 Å². The molecule has 0 fully saturated rings. The molecule has 122 valence electrons. The number of nitrogens with one attached hydrogen (secondary N) is 1. The summed E-state index contributed by atoms with van der Waals surface area (Å²) in [5.74, 6) is 0.944. The maximum absolute atomic E-state index is 5.85. The van der Waals surface area contributed by atoms with Crippen molar-refractivity contribution in [3.05, 3.63) is 78.0 Å². The van der Waals surface area contributed by atoms with Crippen molar-refractivity contribution in [1.29, 1.82) is 0 Å². The molecule has 3 heteroatoms. The van der Waals surface area contributed by atoms with Crippen LogP contribution in [-0.2, 0) is 6.54 Å². The largest absolute Gasteiger partial charge is 0.489 e. The van der Waals surface area contributed by atoms with Crippen LogP contribution in [0.3, 0.4) is 0 Å². The van der Waals surface area contributed by atoms with Crippen LogP contribution in [0.2, 0.25) is 0 Å². The Balaban J connectivity index is 1.34. The van der Waals surface area contributed by atoms with E-state index in [0.717, 1.165) is 31.8 Å². The molecule has 24 heavy (non-hydrogen) atoms. The number of benzene rings is 2. The van der Waals surface area contributed by atoms with E-state index in [9.17, 15) is 0 Å². The lowest BCUT2D eigenvalue weighted by molar-refractivity contribution is 0.271. The van der Waals surface area contributed by atoms with Crippen LogP contribution in [0.4, 0.5) is 0 Å². The molecule has 0 atom stereocenters. The van der Waals surface area contributed by atoms with Gasteiger partial charge in [-0.1, -0.05) is 42.5 Å². The van der Waals surface area contributed by atoms with Crippen LogP contribution < -0.4 is 4.74 Å². The highest BCUT2D eigenvalue weighted by molar-refractivity contribution is 5.82. The predicted molar refractivity (Wildman–Crippen MR) is 98.2 cm³/mol. The minimum atomic E-state index is 0.699. The molecule has 1 aromatic heterocycles. The molecule has 0 radical (unpaired) electrons. The molecule has 3 aromatic rings. The van der Waals surface area contributed by atoms with E-state index in [1.165, 1.54) is 22.0 Å². The highest BCUT2D eigenvalue weighted by Gasteiger charge is 2.14. The number of aromatic amines is 1. The smallest absolute Gasteiger partial charge is 0.119 e. The van der Waals surface area contributed by atoms with E-state index in [0.29, 0.717) is 6.61 Å². The Bertz CT molecular complexity index is 835. The van der Waals surface area contributed by atoms with Crippen LogP contribution in [0.1, 0.15) is 12.0 Å². The minimum Gasteiger partial charge on any atom is -0.489 e. The molecule has 0 spiro atoms. The van der Waals surface area contributed by atoms with Crippen molar-refractivity contribution in [1.82, 2.24) is 9.88 Å². The average molecular weight is 318 g/mol. The molecule has 0 bridgehead atoms. The van der Waals surface area contributed by atoms with Crippen LogP contribution in [0.15, 0.2) is 72.4 Å². The van der Waals surface area contributed by atoms with Crippen LogP contribution in [0, 0.1) is 0 Å². The maximum Gasteiger partial charge on any atom is 0.119 e. The zero-order chi connectivity index (χ0) is 16.2. The maximum atomic E-state index is 5.85. The van der Waals surface area contributed by atoms with Gasteiger partial charge in [-0.3, -0.25) is 4.90 Å². The molecule has 4 rings (SSSR count). The van der Waals surface area contributed by atoms with Gasteiger partial charge in [0.15, 0.2) is 0 Å². The zero-order valence-electron chi connectivity index (χ0n) is 13.7. The van der Waals surface area contributed by atoms with E-state index in [2.05, 4.69) is 46.4 Å². The molecule has 0 amide bonds. The van der Waals surface area contributed by atoms with Gasteiger partial charge in [-0.05, 0) is 35.8 Å². The Morgan fingerprint density at radius 2 is 1.83 bits per heavy atom. The first kappa shape index (κ1) is 15.0. The lowest BCUT2D eigenvalue weighted by atomic mass is 10.1. The van der Waals surface area contributed by atoms with E-state index in [1.807, 2.05) is 30.3 Å². The Morgan fingerprint density at radius 1 is 1.00 bits per heavy atom. The van der Waals surface area contributed by atoms with E-state index >= 15 is 0 Å². The highest BCUT2D eigenvalue weighted by Crippen LogP contribution is 2.21. The van der Waals surface area contributed by atoms with Gasteiger partial charge in [-0.15, -0.1) is 0 Å². The number of para-hydroxylation sites is 2. The van der Waals surface area contributed by atoms with Gasteiger partial charge in [0.05, 0.1) is 0 Å². The summed E-state index contributed by atoms with van der Waals surface area (Å²) in [5.41, 5.74) is 3.99. The Morgan fingerprint density at radius 3 is 2.67 bits per heavy atom. The van der Waals surface area contributed by atoms with E-state index in [4.69, 9.17) is 4.74 Å². The van der Waals surface area contributed by atoms with Crippen LogP contribution in [0.5, 0.6) is 5.75 Å². The molecule has 0 aliphatic carbocycles. The normalized spacial score (nSPS) is 15.4. The van der Waals surface area contributed by atoms with Crippen molar-refractivity contribution in [2.45, 2.75) is 13.0 Å². The third-order valence-corrected chi connectivity index (χ3v) is 4.62. The predicted octanol–water partition coefficient (Wildman–Crippen LogP) is 4.38. The van der Waals surface area contributed by atoms with Crippen LogP contribution in [0.25, 0.3) is 10.9 Å². The van der Waals surface area contributed by atoms with Crippen molar-refractivity contribution in [3.8, 4) is 5.75 Å². The fourth-order valence-corrected chi connectivity index (χ4v) is 3.22. The van der Waals surface area contributed by atoms with Crippen molar-refractivity contribution in [3.63, 3.8) is 0 Å². The van der Waals surface area contributed by atoms with E-state index in [1.54, 1.807) is 0 Å². The van der Waals surface area contributed by atoms with Crippen molar-refractivity contribution >= 4 is 10.9 Å². The molecule has 2 heterocycles. The summed E-state index contributed by atoms with van der Waals surface area (Å²) in [6.45, 7) is 3.77. The van der Waals surface area contributed by atoms with Gasteiger partial charge in [0, 0.05) is 36.7 Å². The molecule has 2 aromatic carbocycles. The quantitative estimate of drug-likeness (QED) is 0.707. The summed E-state index contributed by atoms with van der Waals surface area (Å²) in [6, 6.07) is 18.5. The summed E-state index contributed by atoms with van der Waals surface area (Å²) < 4.78 is 5.85. The average Bonchev–Trinajstić information content (AvgIpc) is 3.05. The molecule has 1 N–H and O–H groups in total. The zero-order valence-corrected chi connectivity index (χ0v) is 13.7. The van der Waals surface area contributed by atoms with Gasteiger partial charge >= 0.3 is 0 Å².